The second kappa shape index (κ2) is 3.43. The van der Waals surface area contributed by atoms with Gasteiger partial charge in [-0.05, 0) is 0 Å². The summed E-state index contributed by atoms with van der Waals surface area (Å²) >= 11 is 0.878. The molecule has 72 valence electrons. The lowest BCUT2D eigenvalue weighted by atomic mass is 10.6. The molecule has 0 aliphatic carbocycles. The summed E-state index contributed by atoms with van der Waals surface area (Å²) < 4.78 is 21.6. The van der Waals surface area contributed by atoms with E-state index in [9.17, 15) is 13.2 Å². The monoisotopic (exact) mass is 221 g/mol. The molecule has 13 heavy (non-hydrogen) atoms. The molecular formula is C6H7NO4S2. The number of sulfone groups is 1. The Kier molecular flexibility index (Phi) is 2.67. The lowest BCUT2D eigenvalue weighted by Crippen LogP contribution is -1.99. The minimum absolute atomic E-state index is 0.0543. The minimum Gasteiger partial charge on any atom is -0.477 e. The number of carbonyl (C=O) groups is 1. The third kappa shape index (κ3) is 3.11. The standard InChI is InChI=1S/C6H7NO4S2/c1-13(10,11)3-5-7-2-4(12-5)6(8)9/h2H,3H2,1H3,(H,8,9). The number of hydrogen-bond donors (Lipinski definition) is 1. The average Bonchev–Trinajstić information content (AvgIpc) is 2.31. The van der Waals surface area contributed by atoms with Crippen LogP contribution in [0.2, 0.25) is 0 Å². The predicted molar refractivity (Wildman–Crippen MR) is 47.6 cm³/mol. The van der Waals surface area contributed by atoms with Gasteiger partial charge in [0.2, 0.25) is 0 Å². The van der Waals surface area contributed by atoms with Gasteiger partial charge in [0.1, 0.15) is 15.6 Å². The molecule has 0 atom stereocenters. The first kappa shape index (κ1) is 10.1. The highest BCUT2D eigenvalue weighted by molar-refractivity contribution is 7.90. The molecule has 0 saturated carbocycles. The summed E-state index contributed by atoms with van der Waals surface area (Å²) in [5.41, 5.74) is 0. The van der Waals surface area contributed by atoms with Crippen molar-refractivity contribution in [2.75, 3.05) is 6.26 Å². The van der Waals surface area contributed by atoms with Gasteiger partial charge in [0.15, 0.2) is 9.84 Å². The molecule has 1 aromatic rings. The number of aromatic nitrogens is 1. The van der Waals surface area contributed by atoms with Gasteiger partial charge in [0, 0.05) is 6.26 Å². The number of thiazole rings is 1. The molecule has 0 amide bonds. The highest BCUT2D eigenvalue weighted by Gasteiger charge is 2.12. The zero-order chi connectivity index (χ0) is 10.1. The van der Waals surface area contributed by atoms with Crippen molar-refractivity contribution in [2.45, 2.75) is 5.75 Å². The Bertz CT molecular complexity index is 420. The molecule has 0 saturated heterocycles. The molecule has 1 heterocycles. The molecule has 0 fully saturated rings. The maximum Gasteiger partial charge on any atom is 0.347 e. The normalized spacial score (nSPS) is 11.5. The van der Waals surface area contributed by atoms with Gasteiger partial charge in [-0.1, -0.05) is 0 Å². The van der Waals surface area contributed by atoms with Crippen molar-refractivity contribution in [3.05, 3.63) is 16.1 Å². The third-order valence-electron chi connectivity index (χ3n) is 1.15. The van der Waals surface area contributed by atoms with Crippen LogP contribution in [0.4, 0.5) is 0 Å². The Morgan fingerprint density at radius 3 is 2.69 bits per heavy atom. The zero-order valence-corrected chi connectivity index (χ0v) is 8.35. The smallest absolute Gasteiger partial charge is 0.347 e. The van der Waals surface area contributed by atoms with Crippen molar-refractivity contribution in [2.24, 2.45) is 0 Å². The van der Waals surface area contributed by atoms with E-state index in [1.54, 1.807) is 0 Å². The Labute approximate surface area is 79.0 Å². The van der Waals surface area contributed by atoms with Crippen LogP contribution in [-0.4, -0.2) is 30.7 Å². The predicted octanol–water partition coefficient (Wildman–Crippen LogP) is 0.386. The third-order valence-corrected chi connectivity index (χ3v) is 3.12. The van der Waals surface area contributed by atoms with Crippen LogP contribution in [0.1, 0.15) is 14.7 Å². The fourth-order valence-electron chi connectivity index (χ4n) is 0.700. The highest BCUT2D eigenvalue weighted by Crippen LogP contribution is 2.14. The first-order valence-electron chi connectivity index (χ1n) is 3.24. The molecule has 0 aliphatic rings. The number of aromatic carboxylic acids is 1. The van der Waals surface area contributed by atoms with Crippen LogP contribution in [0.3, 0.4) is 0 Å². The van der Waals surface area contributed by atoms with E-state index in [0.29, 0.717) is 5.01 Å². The molecule has 1 rings (SSSR count). The summed E-state index contributed by atoms with van der Waals surface area (Å²) in [5, 5.41) is 8.82. The summed E-state index contributed by atoms with van der Waals surface area (Å²) in [5.74, 6) is -1.29. The molecule has 0 aliphatic heterocycles. The van der Waals surface area contributed by atoms with E-state index in [1.807, 2.05) is 0 Å². The van der Waals surface area contributed by atoms with E-state index in [0.717, 1.165) is 23.8 Å². The molecule has 0 spiro atoms. The van der Waals surface area contributed by atoms with Crippen molar-refractivity contribution in [3.8, 4) is 0 Å². The number of nitrogens with zero attached hydrogens (tertiary/aromatic N) is 1. The highest BCUT2D eigenvalue weighted by atomic mass is 32.2. The van der Waals surface area contributed by atoms with Gasteiger partial charge in [-0.15, -0.1) is 11.3 Å². The van der Waals surface area contributed by atoms with Gasteiger partial charge in [0.05, 0.1) is 6.20 Å². The lowest BCUT2D eigenvalue weighted by Gasteiger charge is -1.90. The number of rotatable bonds is 3. The van der Waals surface area contributed by atoms with Gasteiger partial charge in [-0.2, -0.15) is 0 Å². The largest absolute Gasteiger partial charge is 0.477 e. The van der Waals surface area contributed by atoms with Crippen LogP contribution in [0.5, 0.6) is 0 Å². The van der Waals surface area contributed by atoms with Gasteiger partial charge < -0.3 is 5.11 Å². The Morgan fingerprint density at radius 2 is 2.31 bits per heavy atom. The fraction of sp³-hybridized carbons (Fsp3) is 0.333. The van der Waals surface area contributed by atoms with E-state index >= 15 is 0 Å². The molecule has 0 radical (unpaired) electrons. The van der Waals surface area contributed by atoms with Crippen molar-refractivity contribution < 1.29 is 18.3 Å². The Balaban J connectivity index is 2.87. The Hall–Kier alpha value is -0.950. The summed E-state index contributed by atoms with van der Waals surface area (Å²) in [6, 6.07) is 0. The molecule has 1 N–H and O–H groups in total. The average molecular weight is 221 g/mol. The van der Waals surface area contributed by atoms with Crippen molar-refractivity contribution >= 4 is 27.1 Å². The van der Waals surface area contributed by atoms with E-state index < -0.39 is 15.8 Å². The maximum absolute atomic E-state index is 10.8. The molecule has 0 aromatic carbocycles. The van der Waals surface area contributed by atoms with E-state index in [4.69, 9.17) is 5.11 Å². The first-order chi connectivity index (χ1) is 5.88. The quantitative estimate of drug-likeness (QED) is 0.797. The van der Waals surface area contributed by atoms with Crippen LogP contribution >= 0.6 is 11.3 Å². The summed E-state index contributed by atoms with van der Waals surface area (Å²) in [7, 11) is -3.13. The molecule has 5 nitrogen and oxygen atoms in total. The second-order valence-electron chi connectivity index (χ2n) is 2.49. The number of hydrogen-bond acceptors (Lipinski definition) is 5. The zero-order valence-electron chi connectivity index (χ0n) is 6.72. The maximum atomic E-state index is 10.8. The van der Waals surface area contributed by atoms with Crippen LogP contribution in [0.25, 0.3) is 0 Å². The lowest BCUT2D eigenvalue weighted by molar-refractivity contribution is 0.0702. The summed E-state index contributed by atoms with van der Waals surface area (Å²) in [6.45, 7) is 0. The molecule has 7 heteroatoms. The molecular weight excluding hydrogens is 214 g/mol. The fourth-order valence-corrected chi connectivity index (χ4v) is 2.65. The van der Waals surface area contributed by atoms with Crippen LogP contribution in [0.15, 0.2) is 6.20 Å². The van der Waals surface area contributed by atoms with Crippen molar-refractivity contribution in [1.82, 2.24) is 4.98 Å². The first-order valence-corrected chi connectivity index (χ1v) is 6.12. The van der Waals surface area contributed by atoms with Crippen LogP contribution in [0, 0.1) is 0 Å². The number of carboxylic acid groups (broad SMARTS) is 1. The minimum atomic E-state index is -3.13. The topological polar surface area (TPSA) is 84.3 Å². The van der Waals surface area contributed by atoms with Crippen LogP contribution < -0.4 is 0 Å². The Morgan fingerprint density at radius 1 is 1.69 bits per heavy atom. The van der Waals surface area contributed by atoms with Crippen LogP contribution in [-0.2, 0) is 15.6 Å². The molecule has 0 unspecified atom stereocenters. The summed E-state index contributed by atoms with van der Waals surface area (Å²) in [6.07, 6.45) is 2.24. The SMILES string of the molecule is CS(=O)(=O)Cc1ncc(C(=O)O)s1. The van der Waals surface area contributed by atoms with E-state index in [1.165, 1.54) is 0 Å². The number of carboxylic acids is 1. The van der Waals surface area contributed by atoms with Crippen molar-refractivity contribution in [3.63, 3.8) is 0 Å². The molecule has 1 aromatic heterocycles. The van der Waals surface area contributed by atoms with E-state index in [2.05, 4.69) is 4.98 Å². The van der Waals surface area contributed by atoms with E-state index in [-0.39, 0.29) is 10.6 Å². The molecule has 0 bridgehead atoms. The summed E-state index contributed by atoms with van der Waals surface area (Å²) in [4.78, 5) is 14.1. The van der Waals surface area contributed by atoms with Gasteiger partial charge >= 0.3 is 5.97 Å². The second-order valence-corrected chi connectivity index (χ2v) is 5.75. The van der Waals surface area contributed by atoms with Gasteiger partial charge in [0.25, 0.3) is 0 Å². The van der Waals surface area contributed by atoms with Crippen molar-refractivity contribution in [1.29, 1.82) is 0 Å². The van der Waals surface area contributed by atoms with Gasteiger partial charge in [-0.3, -0.25) is 0 Å². The van der Waals surface area contributed by atoms with Gasteiger partial charge in [-0.25, -0.2) is 18.2 Å².